The number of aromatic nitrogens is 2. The lowest BCUT2D eigenvalue weighted by atomic mass is 9.98. The molecule has 1 atom stereocenters. The van der Waals surface area contributed by atoms with Crippen molar-refractivity contribution in [1.29, 1.82) is 0 Å². The maximum atomic E-state index is 12.6. The lowest BCUT2D eigenvalue weighted by Crippen LogP contribution is -2.45. The number of carbonyl (C=O) groups is 3. The number of nitrogens with one attached hydrogen (secondary N) is 1. The Morgan fingerprint density at radius 2 is 1.93 bits per heavy atom. The van der Waals surface area contributed by atoms with E-state index in [1.807, 2.05) is 0 Å². The van der Waals surface area contributed by atoms with Crippen LogP contribution in [-0.2, 0) is 25.7 Å². The van der Waals surface area contributed by atoms with E-state index in [1.165, 1.54) is 6.92 Å². The molecule has 0 aromatic carbocycles. The van der Waals surface area contributed by atoms with Gasteiger partial charge in [-0.15, -0.1) is 0 Å². The van der Waals surface area contributed by atoms with Gasteiger partial charge in [0.2, 0.25) is 11.6 Å². The van der Waals surface area contributed by atoms with E-state index in [0.29, 0.717) is 5.76 Å². The minimum Gasteiger partial charge on any atom is -0.462 e. The van der Waals surface area contributed by atoms with Gasteiger partial charge in [0.15, 0.2) is 12.4 Å². The highest BCUT2D eigenvalue weighted by molar-refractivity contribution is 6.07. The maximum Gasteiger partial charge on any atom is 0.342 e. The summed E-state index contributed by atoms with van der Waals surface area (Å²) in [7, 11) is 0. The molecule has 1 fully saturated rings. The number of nitrogens with zero attached hydrogens (tertiary/aromatic N) is 2. The fraction of sp³-hybridized carbons (Fsp3) is 0.550. The third-order valence-corrected chi connectivity index (χ3v) is 5.11. The van der Waals surface area contributed by atoms with E-state index in [9.17, 15) is 14.4 Å². The first-order chi connectivity index (χ1) is 14.3. The third-order valence-electron chi connectivity index (χ3n) is 5.11. The largest absolute Gasteiger partial charge is 0.462 e. The first kappa shape index (κ1) is 21.5. The molecule has 3 N–H and O–H groups in total. The van der Waals surface area contributed by atoms with Crippen molar-refractivity contribution >= 4 is 34.8 Å². The van der Waals surface area contributed by atoms with Crippen LogP contribution in [0.15, 0.2) is 4.42 Å². The number of hydrogen-bond donors (Lipinski definition) is 2. The summed E-state index contributed by atoms with van der Waals surface area (Å²) >= 11 is 0. The average molecular weight is 418 g/mol. The quantitative estimate of drug-likeness (QED) is 0.644. The van der Waals surface area contributed by atoms with Gasteiger partial charge in [-0.05, 0) is 32.6 Å². The molecule has 1 aliphatic rings. The molecule has 0 saturated heterocycles. The Bertz CT molecular complexity index is 964. The molecule has 0 spiro atoms. The summed E-state index contributed by atoms with van der Waals surface area (Å²) in [6, 6.07) is -0.702. The van der Waals surface area contributed by atoms with Crippen LogP contribution in [0.3, 0.4) is 0 Å². The van der Waals surface area contributed by atoms with E-state index in [4.69, 9.17) is 19.6 Å². The number of nitrogen functional groups attached to an aromatic ring is 1. The van der Waals surface area contributed by atoms with Crippen LogP contribution in [0.4, 0.5) is 5.82 Å². The lowest BCUT2D eigenvalue weighted by Gasteiger charge is -2.22. The predicted octanol–water partition coefficient (Wildman–Crippen LogP) is 2.03. The molecule has 162 valence electrons. The van der Waals surface area contributed by atoms with Gasteiger partial charge < -0.3 is 24.9 Å². The highest BCUT2D eigenvalue weighted by atomic mass is 16.5. The molecule has 2 heterocycles. The summed E-state index contributed by atoms with van der Waals surface area (Å²) in [5.41, 5.74) is 6.31. The molecule has 0 bridgehead atoms. The van der Waals surface area contributed by atoms with Gasteiger partial charge in [-0.2, -0.15) is 4.98 Å². The van der Waals surface area contributed by atoms with E-state index < -0.39 is 18.0 Å². The van der Waals surface area contributed by atoms with Crippen LogP contribution in [0.2, 0.25) is 0 Å². The maximum absolute atomic E-state index is 12.6. The molecule has 1 unspecified atom stereocenters. The van der Waals surface area contributed by atoms with Gasteiger partial charge in [0.05, 0.1) is 12.0 Å². The summed E-state index contributed by atoms with van der Waals surface area (Å²) < 4.78 is 15.9. The standard InChI is InChI=1S/C20H26N4O6/c1-4-28-19(26)14-10(2)30-18-15(14)17(21)23-13(24-18)9-29-20(27)16(22-11(3)25)12-7-5-6-8-12/h12,16H,4-9H2,1-3H3,(H,22,25)(H2,21,23,24). The van der Waals surface area contributed by atoms with Crippen molar-refractivity contribution in [2.75, 3.05) is 12.3 Å². The minimum absolute atomic E-state index is 0.0279. The zero-order chi connectivity index (χ0) is 21.8. The van der Waals surface area contributed by atoms with E-state index in [0.717, 1.165) is 25.7 Å². The number of aryl methyl sites for hydroxylation is 1. The number of fused-ring (bicyclic) bond motifs is 1. The molecule has 0 radical (unpaired) electrons. The van der Waals surface area contributed by atoms with Gasteiger partial charge in [0.1, 0.15) is 23.2 Å². The smallest absolute Gasteiger partial charge is 0.342 e. The van der Waals surface area contributed by atoms with Crippen molar-refractivity contribution < 1.29 is 28.3 Å². The number of carbonyl (C=O) groups excluding carboxylic acids is 3. The summed E-state index contributed by atoms with van der Waals surface area (Å²) in [6.07, 6.45) is 3.76. The third kappa shape index (κ3) is 4.52. The topological polar surface area (TPSA) is 147 Å². The fourth-order valence-corrected chi connectivity index (χ4v) is 3.80. The van der Waals surface area contributed by atoms with Gasteiger partial charge >= 0.3 is 11.9 Å². The van der Waals surface area contributed by atoms with E-state index in [-0.39, 0.29) is 53.3 Å². The van der Waals surface area contributed by atoms with E-state index in [1.54, 1.807) is 13.8 Å². The number of anilines is 1. The van der Waals surface area contributed by atoms with Gasteiger partial charge in [0.25, 0.3) is 0 Å². The number of amides is 1. The first-order valence-electron chi connectivity index (χ1n) is 9.98. The van der Waals surface area contributed by atoms with Crippen molar-refractivity contribution in [1.82, 2.24) is 15.3 Å². The molecule has 1 aliphatic carbocycles. The van der Waals surface area contributed by atoms with Crippen molar-refractivity contribution in [2.24, 2.45) is 5.92 Å². The summed E-state index contributed by atoms with van der Waals surface area (Å²) in [6.45, 7) is 4.63. The fourth-order valence-electron chi connectivity index (χ4n) is 3.80. The van der Waals surface area contributed by atoms with Gasteiger partial charge in [-0.25, -0.2) is 14.6 Å². The Hall–Kier alpha value is -3.17. The number of hydrogen-bond acceptors (Lipinski definition) is 9. The zero-order valence-corrected chi connectivity index (χ0v) is 17.3. The highest BCUT2D eigenvalue weighted by Crippen LogP contribution is 2.30. The number of rotatable bonds is 7. The number of ether oxygens (including phenoxy) is 2. The highest BCUT2D eigenvalue weighted by Gasteiger charge is 2.33. The molecule has 2 aromatic rings. The van der Waals surface area contributed by atoms with E-state index >= 15 is 0 Å². The summed E-state index contributed by atoms with van der Waals surface area (Å²) in [5, 5.41) is 2.95. The Kier molecular flexibility index (Phi) is 6.53. The van der Waals surface area contributed by atoms with Crippen LogP contribution < -0.4 is 11.1 Å². The lowest BCUT2D eigenvalue weighted by molar-refractivity contribution is -0.150. The van der Waals surface area contributed by atoms with E-state index in [2.05, 4.69) is 15.3 Å². The van der Waals surface area contributed by atoms with Crippen molar-refractivity contribution in [3.63, 3.8) is 0 Å². The number of nitrogens with two attached hydrogens (primary N) is 1. The number of furan rings is 1. The summed E-state index contributed by atoms with van der Waals surface area (Å²) in [5.74, 6) is -0.880. The van der Waals surface area contributed by atoms with Crippen LogP contribution in [-0.4, -0.2) is 40.5 Å². The molecule has 1 saturated carbocycles. The predicted molar refractivity (Wildman–Crippen MR) is 106 cm³/mol. The van der Waals surface area contributed by atoms with Crippen LogP contribution in [0.25, 0.3) is 11.1 Å². The first-order valence-corrected chi connectivity index (χ1v) is 9.98. The molecule has 10 nitrogen and oxygen atoms in total. The molecule has 30 heavy (non-hydrogen) atoms. The molecule has 3 rings (SSSR count). The molecular formula is C20H26N4O6. The molecule has 0 aliphatic heterocycles. The molecule has 2 aromatic heterocycles. The van der Waals surface area contributed by atoms with Crippen molar-refractivity contribution in [3.05, 3.63) is 17.1 Å². The van der Waals surface area contributed by atoms with Crippen molar-refractivity contribution in [3.8, 4) is 0 Å². The second-order valence-electron chi connectivity index (χ2n) is 7.29. The number of esters is 2. The Morgan fingerprint density at radius 1 is 1.23 bits per heavy atom. The molecular weight excluding hydrogens is 392 g/mol. The van der Waals surface area contributed by atoms with Crippen LogP contribution in [0.1, 0.15) is 61.5 Å². The van der Waals surface area contributed by atoms with Crippen LogP contribution in [0.5, 0.6) is 0 Å². The Morgan fingerprint density at radius 3 is 2.57 bits per heavy atom. The minimum atomic E-state index is -0.702. The van der Waals surface area contributed by atoms with Gasteiger partial charge in [-0.3, -0.25) is 4.79 Å². The van der Waals surface area contributed by atoms with Gasteiger partial charge in [-0.1, -0.05) is 12.8 Å². The molecule has 1 amide bonds. The normalized spacial score (nSPS) is 15.2. The van der Waals surface area contributed by atoms with Crippen LogP contribution in [0, 0.1) is 12.8 Å². The Labute approximate surface area is 173 Å². The summed E-state index contributed by atoms with van der Waals surface area (Å²) in [4.78, 5) is 44.7. The average Bonchev–Trinajstić information content (AvgIpc) is 3.31. The van der Waals surface area contributed by atoms with Crippen LogP contribution >= 0.6 is 0 Å². The molecule has 10 heteroatoms. The second kappa shape index (κ2) is 9.10. The SMILES string of the molecule is CCOC(=O)c1c(C)oc2nc(COC(=O)C(NC(C)=O)C3CCCC3)nc(N)c12. The Balaban J connectivity index is 1.78. The monoisotopic (exact) mass is 418 g/mol. The zero-order valence-electron chi connectivity index (χ0n) is 17.3. The van der Waals surface area contributed by atoms with Crippen molar-refractivity contribution in [2.45, 2.75) is 59.1 Å². The second-order valence-corrected chi connectivity index (χ2v) is 7.29. The van der Waals surface area contributed by atoms with Gasteiger partial charge in [0, 0.05) is 6.92 Å².